The van der Waals surface area contributed by atoms with Crippen LogP contribution in [-0.2, 0) is 0 Å². The standard InChI is InChI=1S/C19H25NO/c1-5-17(21-18-11-9-14(2)10-12-18)13-20-19-8-6-7-15(3)16(19)4/h6-12,17,20H,5,13H2,1-4H3. The maximum Gasteiger partial charge on any atom is 0.119 e. The van der Waals surface area contributed by atoms with Crippen LogP contribution < -0.4 is 10.1 Å². The topological polar surface area (TPSA) is 21.3 Å². The fourth-order valence-corrected chi connectivity index (χ4v) is 2.25. The summed E-state index contributed by atoms with van der Waals surface area (Å²) in [7, 11) is 0. The lowest BCUT2D eigenvalue weighted by Gasteiger charge is -2.20. The molecule has 0 saturated heterocycles. The molecule has 0 fully saturated rings. The average Bonchev–Trinajstić information content (AvgIpc) is 2.49. The van der Waals surface area contributed by atoms with Gasteiger partial charge in [-0.05, 0) is 56.5 Å². The van der Waals surface area contributed by atoms with Crippen molar-refractivity contribution < 1.29 is 4.74 Å². The smallest absolute Gasteiger partial charge is 0.119 e. The third-order valence-electron chi connectivity index (χ3n) is 3.90. The van der Waals surface area contributed by atoms with Crippen LogP contribution in [0.5, 0.6) is 5.75 Å². The van der Waals surface area contributed by atoms with Crippen LogP contribution in [0.1, 0.15) is 30.0 Å². The highest BCUT2D eigenvalue weighted by Gasteiger charge is 2.09. The zero-order chi connectivity index (χ0) is 15.2. The molecule has 2 heteroatoms. The van der Waals surface area contributed by atoms with Crippen molar-refractivity contribution in [3.8, 4) is 5.75 Å². The van der Waals surface area contributed by atoms with E-state index in [1.807, 2.05) is 12.1 Å². The second-order valence-corrected chi connectivity index (χ2v) is 5.59. The Bertz CT molecular complexity index is 575. The maximum absolute atomic E-state index is 6.05. The molecule has 2 rings (SSSR count). The quantitative estimate of drug-likeness (QED) is 0.815. The second kappa shape index (κ2) is 7.16. The number of ether oxygens (including phenoxy) is 1. The van der Waals surface area contributed by atoms with Gasteiger partial charge in [0.2, 0.25) is 0 Å². The number of rotatable bonds is 6. The van der Waals surface area contributed by atoms with Crippen LogP contribution >= 0.6 is 0 Å². The van der Waals surface area contributed by atoms with Gasteiger partial charge in [-0.25, -0.2) is 0 Å². The highest BCUT2D eigenvalue weighted by Crippen LogP contribution is 2.19. The Morgan fingerprint density at radius 2 is 1.71 bits per heavy atom. The first-order chi connectivity index (χ1) is 10.1. The zero-order valence-electron chi connectivity index (χ0n) is 13.4. The van der Waals surface area contributed by atoms with Crippen molar-refractivity contribution >= 4 is 5.69 Å². The van der Waals surface area contributed by atoms with E-state index in [0.29, 0.717) is 0 Å². The van der Waals surface area contributed by atoms with Crippen molar-refractivity contribution in [1.82, 2.24) is 0 Å². The van der Waals surface area contributed by atoms with Crippen molar-refractivity contribution in [2.75, 3.05) is 11.9 Å². The number of aryl methyl sites for hydroxylation is 2. The summed E-state index contributed by atoms with van der Waals surface area (Å²) < 4.78 is 6.05. The third kappa shape index (κ3) is 4.25. The molecular formula is C19H25NO. The predicted octanol–water partition coefficient (Wildman–Crippen LogP) is 4.88. The van der Waals surface area contributed by atoms with Crippen molar-refractivity contribution in [3.63, 3.8) is 0 Å². The normalized spacial score (nSPS) is 12.0. The van der Waals surface area contributed by atoms with Crippen molar-refractivity contribution in [2.45, 2.75) is 40.2 Å². The highest BCUT2D eigenvalue weighted by molar-refractivity contribution is 5.53. The molecule has 0 amide bonds. The van der Waals surface area contributed by atoms with Crippen LogP contribution in [0.2, 0.25) is 0 Å². The van der Waals surface area contributed by atoms with E-state index in [4.69, 9.17) is 4.74 Å². The molecule has 0 aliphatic carbocycles. The summed E-state index contributed by atoms with van der Waals surface area (Å²) in [5.74, 6) is 0.940. The number of anilines is 1. The van der Waals surface area contributed by atoms with E-state index in [0.717, 1.165) is 18.7 Å². The SMILES string of the molecule is CCC(CNc1cccc(C)c1C)Oc1ccc(C)cc1. The minimum absolute atomic E-state index is 0.174. The monoisotopic (exact) mass is 283 g/mol. The lowest BCUT2D eigenvalue weighted by atomic mass is 10.1. The average molecular weight is 283 g/mol. The van der Waals surface area contributed by atoms with E-state index < -0.39 is 0 Å². The maximum atomic E-state index is 6.05. The van der Waals surface area contributed by atoms with E-state index in [1.165, 1.54) is 22.4 Å². The third-order valence-corrected chi connectivity index (χ3v) is 3.90. The molecule has 0 heterocycles. The van der Waals surface area contributed by atoms with E-state index >= 15 is 0 Å². The Labute approximate surface area is 128 Å². The second-order valence-electron chi connectivity index (χ2n) is 5.59. The van der Waals surface area contributed by atoms with Gasteiger partial charge in [0.05, 0.1) is 6.54 Å². The van der Waals surface area contributed by atoms with Gasteiger partial charge in [0.15, 0.2) is 0 Å². The lowest BCUT2D eigenvalue weighted by molar-refractivity contribution is 0.210. The fraction of sp³-hybridized carbons (Fsp3) is 0.368. The van der Waals surface area contributed by atoms with Gasteiger partial charge in [-0.15, -0.1) is 0 Å². The number of hydrogen-bond donors (Lipinski definition) is 1. The van der Waals surface area contributed by atoms with Gasteiger partial charge in [0, 0.05) is 5.69 Å². The van der Waals surface area contributed by atoms with E-state index in [1.54, 1.807) is 0 Å². The van der Waals surface area contributed by atoms with Crippen LogP contribution in [0.15, 0.2) is 42.5 Å². The van der Waals surface area contributed by atoms with Gasteiger partial charge in [-0.3, -0.25) is 0 Å². The van der Waals surface area contributed by atoms with Crippen LogP contribution in [-0.4, -0.2) is 12.6 Å². The van der Waals surface area contributed by atoms with E-state index in [2.05, 4.69) is 63.3 Å². The molecule has 2 nitrogen and oxygen atoms in total. The molecule has 2 aromatic rings. The predicted molar refractivity (Wildman–Crippen MR) is 90.3 cm³/mol. The molecule has 0 bridgehead atoms. The largest absolute Gasteiger partial charge is 0.489 e. The van der Waals surface area contributed by atoms with Gasteiger partial charge < -0.3 is 10.1 Å². The summed E-state index contributed by atoms with van der Waals surface area (Å²) in [5.41, 5.74) is 5.07. The Hall–Kier alpha value is -1.96. The molecule has 1 unspecified atom stereocenters. The summed E-state index contributed by atoms with van der Waals surface area (Å²) >= 11 is 0. The first kappa shape index (κ1) is 15.4. The van der Waals surface area contributed by atoms with Gasteiger partial charge in [0.25, 0.3) is 0 Å². The number of nitrogens with one attached hydrogen (secondary N) is 1. The van der Waals surface area contributed by atoms with E-state index in [-0.39, 0.29) is 6.10 Å². The molecule has 0 aliphatic rings. The summed E-state index contributed by atoms with van der Waals surface area (Å²) in [6.07, 6.45) is 1.15. The van der Waals surface area contributed by atoms with Crippen LogP contribution in [0.25, 0.3) is 0 Å². The van der Waals surface area contributed by atoms with Gasteiger partial charge in [0.1, 0.15) is 11.9 Å². The molecule has 21 heavy (non-hydrogen) atoms. The van der Waals surface area contributed by atoms with Crippen molar-refractivity contribution in [2.24, 2.45) is 0 Å². The Morgan fingerprint density at radius 1 is 1.00 bits per heavy atom. The molecule has 0 radical (unpaired) electrons. The molecule has 0 aliphatic heterocycles. The van der Waals surface area contributed by atoms with Crippen LogP contribution in [0.4, 0.5) is 5.69 Å². The molecule has 1 N–H and O–H groups in total. The summed E-state index contributed by atoms with van der Waals surface area (Å²) in [4.78, 5) is 0. The van der Waals surface area contributed by atoms with Crippen LogP contribution in [0.3, 0.4) is 0 Å². The zero-order valence-corrected chi connectivity index (χ0v) is 13.4. The minimum atomic E-state index is 0.174. The van der Waals surface area contributed by atoms with Crippen molar-refractivity contribution in [1.29, 1.82) is 0 Å². The number of benzene rings is 2. The van der Waals surface area contributed by atoms with Crippen LogP contribution in [0, 0.1) is 20.8 Å². The molecule has 2 aromatic carbocycles. The summed E-state index contributed by atoms with van der Waals surface area (Å²) in [6.45, 7) is 9.35. The molecular weight excluding hydrogens is 258 g/mol. The summed E-state index contributed by atoms with van der Waals surface area (Å²) in [5, 5.41) is 3.51. The highest BCUT2D eigenvalue weighted by atomic mass is 16.5. The first-order valence-electron chi connectivity index (χ1n) is 7.63. The molecule has 0 aromatic heterocycles. The van der Waals surface area contributed by atoms with Gasteiger partial charge >= 0.3 is 0 Å². The molecule has 1 atom stereocenters. The van der Waals surface area contributed by atoms with Crippen molar-refractivity contribution in [3.05, 3.63) is 59.2 Å². The Balaban J connectivity index is 1.96. The van der Waals surface area contributed by atoms with Gasteiger partial charge in [-0.2, -0.15) is 0 Å². The minimum Gasteiger partial charge on any atom is -0.489 e. The first-order valence-corrected chi connectivity index (χ1v) is 7.63. The Morgan fingerprint density at radius 3 is 2.38 bits per heavy atom. The lowest BCUT2D eigenvalue weighted by Crippen LogP contribution is -2.25. The fourth-order valence-electron chi connectivity index (χ4n) is 2.25. The molecule has 112 valence electrons. The molecule has 0 spiro atoms. The summed E-state index contributed by atoms with van der Waals surface area (Å²) in [6, 6.07) is 14.6. The Kier molecular flexibility index (Phi) is 5.26. The van der Waals surface area contributed by atoms with Gasteiger partial charge in [-0.1, -0.05) is 36.8 Å². The van der Waals surface area contributed by atoms with E-state index in [9.17, 15) is 0 Å². The molecule has 0 saturated carbocycles. The number of hydrogen-bond acceptors (Lipinski definition) is 2.